The summed E-state index contributed by atoms with van der Waals surface area (Å²) in [5.41, 5.74) is 2.14. The highest BCUT2D eigenvalue weighted by molar-refractivity contribution is 5.91. The number of ether oxygens (including phenoxy) is 1. The summed E-state index contributed by atoms with van der Waals surface area (Å²) in [6, 6.07) is 8.07. The van der Waals surface area contributed by atoms with Crippen molar-refractivity contribution >= 4 is 17.2 Å². The fourth-order valence-electron chi connectivity index (χ4n) is 2.82. The third-order valence-electron chi connectivity index (χ3n) is 4.30. The highest BCUT2D eigenvalue weighted by atomic mass is 19.1. The largest absolute Gasteiger partial charge is 0.480 e. The Morgan fingerprint density at radius 2 is 2.07 bits per heavy atom. The van der Waals surface area contributed by atoms with Crippen LogP contribution in [0.15, 0.2) is 36.5 Å². The van der Waals surface area contributed by atoms with Crippen LogP contribution in [-0.2, 0) is 4.79 Å². The van der Waals surface area contributed by atoms with Gasteiger partial charge in [0.2, 0.25) is 11.8 Å². The van der Waals surface area contributed by atoms with Crippen LogP contribution in [0.5, 0.6) is 5.88 Å². The molecular weight excluding hydrogens is 347 g/mol. The Morgan fingerprint density at radius 3 is 2.85 bits per heavy atom. The van der Waals surface area contributed by atoms with Gasteiger partial charge in [0.1, 0.15) is 5.82 Å². The van der Waals surface area contributed by atoms with E-state index in [9.17, 15) is 9.18 Å². The molecule has 3 aromatic rings. The minimum atomic E-state index is -0.468. The Morgan fingerprint density at radius 1 is 1.22 bits per heavy atom. The summed E-state index contributed by atoms with van der Waals surface area (Å²) in [7, 11) is 1.54. The van der Waals surface area contributed by atoms with Crippen LogP contribution in [-0.4, -0.2) is 27.6 Å². The summed E-state index contributed by atoms with van der Waals surface area (Å²) >= 11 is 0. The number of unbranched alkanes of at least 4 members (excludes halogenated alkanes) is 3. The fourth-order valence-corrected chi connectivity index (χ4v) is 2.82. The number of fused-ring (bicyclic) bond motifs is 1. The second-order valence-electron chi connectivity index (χ2n) is 6.36. The molecule has 1 aromatic carbocycles. The Bertz CT molecular complexity index is 939. The van der Waals surface area contributed by atoms with Gasteiger partial charge in [-0.3, -0.25) is 4.79 Å². The second-order valence-corrected chi connectivity index (χ2v) is 6.36. The van der Waals surface area contributed by atoms with Gasteiger partial charge in [0.15, 0.2) is 5.65 Å². The van der Waals surface area contributed by atoms with Gasteiger partial charge in [-0.25, -0.2) is 13.9 Å². The van der Waals surface area contributed by atoms with Crippen molar-refractivity contribution in [2.24, 2.45) is 0 Å². The smallest absolute Gasteiger partial charge is 0.231 e. The molecule has 0 bridgehead atoms. The molecule has 0 fully saturated rings. The van der Waals surface area contributed by atoms with Crippen molar-refractivity contribution in [1.82, 2.24) is 14.6 Å². The predicted octanol–water partition coefficient (Wildman–Crippen LogP) is 4.45. The van der Waals surface area contributed by atoms with E-state index in [-0.39, 0.29) is 11.6 Å². The Balaban J connectivity index is 1.77. The summed E-state index contributed by atoms with van der Waals surface area (Å²) in [5.74, 6) is -0.172. The quantitative estimate of drug-likeness (QED) is 0.595. The summed E-state index contributed by atoms with van der Waals surface area (Å²) < 4.78 is 20.8. The lowest BCUT2D eigenvalue weighted by atomic mass is 10.1. The molecule has 0 atom stereocenters. The number of methoxy groups -OCH3 is 1. The molecule has 1 amide bonds. The van der Waals surface area contributed by atoms with Crippen LogP contribution in [0.2, 0.25) is 0 Å². The van der Waals surface area contributed by atoms with Gasteiger partial charge >= 0.3 is 0 Å². The topological polar surface area (TPSA) is 68.5 Å². The van der Waals surface area contributed by atoms with E-state index in [1.165, 1.54) is 6.07 Å². The fraction of sp³-hybridized carbons (Fsp3) is 0.350. The van der Waals surface area contributed by atoms with Crippen molar-refractivity contribution in [3.05, 3.63) is 42.3 Å². The zero-order valence-corrected chi connectivity index (χ0v) is 15.5. The number of benzene rings is 1. The number of aromatic nitrogens is 3. The van der Waals surface area contributed by atoms with Crippen molar-refractivity contribution in [2.75, 3.05) is 12.4 Å². The molecule has 0 aliphatic heterocycles. The minimum Gasteiger partial charge on any atom is -0.480 e. The number of hydrogen-bond donors (Lipinski definition) is 1. The monoisotopic (exact) mass is 370 g/mol. The van der Waals surface area contributed by atoms with E-state index in [1.54, 1.807) is 42.1 Å². The number of imidazole rings is 1. The van der Waals surface area contributed by atoms with Crippen molar-refractivity contribution in [2.45, 2.75) is 39.0 Å². The summed E-state index contributed by atoms with van der Waals surface area (Å²) in [6.07, 6.45) is 6.15. The van der Waals surface area contributed by atoms with E-state index in [2.05, 4.69) is 22.3 Å². The normalized spacial score (nSPS) is 10.9. The number of halogens is 1. The van der Waals surface area contributed by atoms with Crippen molar-refractivity contribution < 1.29 is 13.9 Å². The summed E-state index contributed by atoms with van der Waals surface area (Å²) in [6.45, 7) is 2.12. The molecule has 2 aromatic heterocycles. The van der Waals surface area contributed by atoms with Crippen LogP contribution >= 0.6 is 0 Å². The van der Waals surface area contributed by atoms with E-state index in [4.69, 9.17) is 4.74 Å². The number of amides is 1. The molecule has 0 aliphatic carbocycles. The Labute approximate surface area is 157 Å². The van der Waals surface area contributed by atoms with E-state index in [0.717, 1.165) is 25.7 Å². The van der Waals surface area contributed by atoms with Crippen LogP contribution in [0, 0.1) is 5.82 Å². The Kier molecular flexibility index (Phi) is 6.01. The SMILES string of the molecule is CCCCCCC(=O)Nc1cc(-c2cn3nc(OC)ccc3n2)ccc1F. The molecule has 0 spiro atoms. The maximum absolute atomic E-state index is 14.1. The van der Waals surface area contributed by atoms with Gasteiger partial charge in [0, 0.05) is 18.1 Å². The lowest BCUT2D eigenvalue weighted by Gasteiger charge is -2.08. The second kappa shape index (κ2) is 8.62. The van der Waals surface area contributed by atoms with Crippen LogP contribution in [0.3, 0.4) is 0 Å². The molecule has 142 valence electrons. The average molecular weight is 370 g/mol. The number of rotatable bonds is 8. The Hall–Kier alpha value is -2.96. The number of anilines is 1. The molecular formula is C20H23FN4O2. The van der Waals surface area contributed by atoms with Gasteiger partial charge in [-0.2, -0.15) is 0 Å². The van der Waals surface area contributed by atoms with Gasteiger partial charge < -0.3 is 10.1 Å². The first-order valence-corrected chi connectivity index (χ1v) is 9.11. The standard InChI is InChI=1S/C20H23FN4O2/c1-3-4-5-6-7-19(26)23-16-12-14(8-9-15(16)21)17-13-25-18(22-17)10-11-20(24-25)27-2/h8-13H,3-7H2,1-2H3,(H,23,26). The van der Waals surface area contributed by atoms with Gasteiger partial charge in [-0.05, 0) is 30.7 Å². The van der Waals surface area contributed by atoms with Gasteiger partial charge in [0.05, 0.1) is 24.7 Å². The highest BCUT2D eigenvalue weighted by Crippen LogP contribution is 2.25. The molecule has 7 heteroatoms. The number of hydrogen-bond acceptors (Lipinski definition) is 4. The first kappa shape index (κ1) is 18.8. The molecule has 3 rings (SSSR count). The first-order valence-electron chi connectivity index (χ1n) is 9.11. The van der Waals surface area contributed by atoms with E-state index < -0.39 is 5.82 Å². The molecule has 1 N–H and O–H groups in total. The maximum atomic E-state index is 14.1. The number of nitrogens with one attached hydrogen (secondary N) is 1. The third-order valence-corrected chi connectivity index (χ3v) is 4.30. The third kappa shape index (κ3) is 4.61. The van der Waals surface area contributed by atoms with Crippen LogP contribution < -0.4 is 10.1 Å². The van der Waals surface area contributed by atoms with Crippen LogP contribution in [0.4, 0.5) is 10.1 Å². The maximum Gasteiger partial charge on any atom is 0.231 e. The lowest BCUT2D eigenvalue weighted by molar-refractivity contribution is -0.116. The minimum absolute atomic E-state index is 0.163. The van der Waals surface area contributed by atoms with Crippen LogP contribution in [0.1, 0.15) is 39.0 Å². The zero-order chi connectivity index (χ0) is 19.2. The molecule has 0 radical (unpaired) electrons. The molecule has 6 nitrogen and oxygen atoms in total. The lowest BCUT2D eigenvalue weighted by Crippen LogP contribution is -2.12. The summed E-state index contributed by atoms with van der Waals surface area (Å²) in [4.78, 5) is 16.6. The summed E-state index contributed by atoms with van der Waals surface area (Å²) in [5, 5.41) is 6.93. The zero-order valence-electron chi connectivity index (χ0n) is 15.5. The van der Waals surface area contributed by atoms with E-state index >= 15 is 0 Å². The number of carbonyl (C=O) groups is 1. The first-order chi connectivity index (χ1) is 13.1. The van der Waals surface area contributed by atoms with Gasteiger partial charge in [0.25, 0.3) is 0 Å². The van der Waals surface area contributed by atoms with Crippen molar-refractivity contribution in [3.63, 3.8) is 0 Å². The van der Waals surface area contributed by atoms with Crippen molar-refractivity contribution in [3.8, 4) is 17.1 Å². The molecule has 0 aliphatic rings. The molecule has 0 unspecified atom stereocenters. The van der Waals surface area contributed by atoms with Gasteiger partial charge in [-0.15, -0.1) is 5.10 Å². The van der Waals surface area contributed by atoms with Crippen LogP contribution in [0.25, 0.3) is 16.9 Å². The van der Waals surface area contributed by atoms with E-state index in [1.807, 2.05) is 0 Å². The van der Waals surface area contributed by atoms with Gasteiger partial charge in [-0.1, -0.05) is 26.2 Å². The highest BCUT2D eigenvalue weighted by Gasteiger charge is 2.12. The number of carbonyl (C=O) groups excluding carboxylic acids is 1. The van der Waals surface area contributed by atoms with Crippen molar-refractivity contribution in [1.29, 1.82) is 0 Å². The molecule has 27 heavy (non-hydrogen) atoms. The molecule has 0 saturated heterocycles. The predicted molar refractivity (Wildman–Crippen MR) is 102 cm³/mol. The average Bonchev–Trinajstić information content (AvgIpc) is 3.10. The molecule has 0 saturated carbocycles. The number of nitrogens with zero attached hydrogens (tertiary/aromatic N) is 3. The van der Waals surface area contributed by atoms with E-state index in [0.29, 0.717) is 29.2 Å². The molecule has 2 heterocycles.